The van der Waals surface area contributed by atoms with Crippen molar-refractivity contribution in [2.45, 2.75) is 26.8 Å². The molecule has 2 amide bonds. The maximum Gasteiger partial charge on any atom is 0.224 e. The van der Waals surface area contributed by atoms with E-state index in [4.69, 9.17) is 4.42 Å². The summed E-state index contributed by atoms with van der Waals surface area (Å²) in [6.45, 7) is 3.69. The minimum absolute atomic E-state index is 0.0741. The molecule has 124 valence electrons. The molecule has 0 aliphatic heterocycles. The Morgan fingerprint density at radius 2 is 2.08 bits per heavy atom. The number of aryl methyl sites for hydroxylation is 1. The smallest absolute Gasteiger partial charge is 0.224 e. The molecule has 0 aliphatic carbocycles. The van der Waals surface area contributed by atoms with Crippen LogP contribution in [0.2, 0.25) is 0 Å². The average molecular weight is 343 g/mol. The number of fused-ring (bicyclic) bond motifs is 1. The quantitative estimate of drug-likeness (QED) is 0.746. The first kappa shape index (κ1) is 16.2. The van der Waals surface area contributed by atoms with Gasteiger partial charge in [0.15, 0.2) is 5.13 Å². The molecule has 24 heavy (non-hydrogen) atoms. The molecule has 0 unspecified atom stereocenters. The van der Waals surface area contributed by atoms with Gasteiger partial charge in [-0.3, -0.25) is 9.59 Å². The lowest BCUT2D eigenvalue weighted by Crippen LogP contribution is -2.24. The van der Waals surface area contributed by atoms with Gasteiger partial charge in [-0.2, -0.15) is 0 Å². The molecule has 6 nitrogen and oxygen atoms in total. The Morgan fingerprint density at radius 3 is 2.79 bits per heavy atom. The third-order valence-electron chi connectivity index (χ3n) is 3.36. The van der Waals surface area contributed by atoms with E-state index in [2.05, 4.69) is 15.6 Å². The van der Waals surface area contributed by atoms with E-state index in [1.54, 1.807) is 0 Å². The van der Waals surface area contributed by atoms with Crippen molar-refractivity contribution >= 4 is 38.5 Å². The van der Waals surface area contributed by atoms with Crippen LogP contribution in [-0.4, -0.2) is 16.8 Å². The van der Waals surface area contributed by atoms with Gasteiger partial charge in [-0.25, -0.2) is 4.98 Å². The number of anilines is 1. The summed E-state index contributed by atoms with van der Waals surface area (Å²) in [4.78, 5) is 27.5. The fourth-order valence-electron chi connectivity index (χ4n) is 2.30. The summed E-state index contributed by atoms with van der Waals surface area (Å²) in [5.74, 6) is 1.33. The van der Waals surface area contributed by atoms with Gasteiger partial charge >= 0.3 is 0 Å². The van der Waals surface area contributed by atoms with Crippen molar-refractivity contribution in [2.75, 3.05) is 5.32 Å². The Labute approximate surface area is 142 Å². The lowest BCUT2D eigenvalue weighted by molar-refractivity contribution is -0.120. The molecule has 0 saturated carbocycles. The van der Waals surface area contributed by atoms with E-state index in [1.165, 1.54) is 18.3 Å². The first-order chi connectivity index (χ1) is 11.5. The minimum Gasteiger partial charge on any atom is -0.465 e. The Bertz CT molecular complexity index is 898. The van der Waals surface area contributed by atoms with E-state index in [9.17, 15) is 9.59 Å². The number of rotatable bonds is 5. The molecule has 0 saturated heterocycles. The Hall–Kier alpha value is -2.67. The fraction of sp³-hybridized carbons (Fsp3) is 0.235. The summed E-state index contributed by atoms with van der Waals surface area (Å²) in [6.07, 6.45) is 0.281. The predicted octanol–water partition coefficient (Wildman–Crippen LogP) is 3.02. The maximum absolute atomic E-state index is 12.1. The van der Waals surface area contributed by atoms with Crippen LogP contribution in [0.4, 0.5) is 5.13 Å². The fourth-order valence-corrected chi connectivity index (χ4v) is 3.27. The normalized spacial score (nSPS) is 10.8. The van der Waals surface area contributed by atoms with Crippen LogP contribution >= 0.6 is 11.3 Å². The van der Waals surface area contributed by atoms with Gasteiger partial charge in [0.1, 0.15) is 11.5 Å². The van der Waals surface area contributed by atoms with E-state index in [0.717, 1.165) is 27.3 Å². The van der Waals surface area contributed by atoms with Gasteiger partial charge in [0, 0.05) is 6.92 Å². The highest BCUT2D eigenvalue weighted by Gasteiger charge is 2.09. The Kier molecular flexibility index (Phi) is 4.61. The topological polar surface area (TPSA) is 84.2 Å². The second-order valence-corrected chi connectivity index (χ2v) is 6.50. The number of nitrogens with one attached hydrogen (secondary N) is 2. The average Bonchev–Trinajstić information content (AvgIpc) is 3.09. The van der Waals surface area contributed by atoms with Crippen LogP contribution in [0.3, 0.4) is 0 Å². The highest BCUT2D eigenvalue weighted by Crippen LogP contribution is 2.26. The van der Waals surface area contributed by atoms with Crippen molar-refractivity contribution in [3.8, 4) is 0 Å². The molecule has 3 rings (SSSR count). The Balaban J connectivity index is 1.63. The summed E-state index contributed by atoms with van der Waals surface area (Å²) >= 11 is 1.39. The van der Waals surface area contributed by atoms with E-state index in [-0.39, 0.29) is 18.2 Å². The summed E-state index contributed by atoms with van der Waals surface area (Å²) < 4.78 is 6.36. The molecule has 7 heteroatoms. The molecule has 3 aromatic rings. The zero-order chi connectivity index (χ0) is 17.1. The van der Waals surface area contributed by atoms with Gasteiger partial charge in [0.05, 0.1) is 23.2 Å². The van der Waals surface area contributed by atoms with Crippen molar-refractivity contribution in [3.63, 3.8) is 0 Å². The monoisotopic (exact) mass is 343 g/mol. The van der Waals surface area contributed by atoms with Crippen LogP contribution < -0.4 is 10.6 Å². The highest BCUT2D eigenvalue weighted by atomic mass is 32.1. The van der Waals surface area contributed by atoms with Gasteiger partial charge in [-0.05, 0) is 36.8 Å². The van der Waals surface area contributed by atoms with Crippen LogP contribution in [0, 0.1) is 6.92 Å². The highest BCUT2D eigenvalue weighted by molar-refractivity contribution is 7.22. The maximum atomic E-state index is 12.1. The first-order valence-corrected chi connectivity index (χ1v) is 8.30. The predicted molar refractivity (Wildman–Crippen MR) is 92.9 cm³/mol. The van der Waals surface area contributed by atoms with Gasteiger partial charge in [-0.15, -0.1) is 0 Å². The second kappa shape index (κ2) is 6.84. The standard InChI is InChI=1S/C17H17N3O3S/c1-10-3-5-13(23-10)9-18-16(22)8-12-4-6-14-15(7-12)24-17(20-14)19-11(2)21/h3-7H,8-9H2,1-2H3,(H,18,22)(H,19,20,21). The van der Waals surface area contributed by atoms with E-state index >= 15 is 0 Å². The molecule has 0 atom stereocenters. The third kappa shape index (κ3) is 3.99. The summed E-state index contributed by atoms with van der Waals surface area (Å²) in [5.41, 5.74) is 1.70. The second-order valence-electron chi connectivity index (χ2n) is 5.47. The molecular formula is C17H17N3O3S. The number of furan rings is 1. The number of aromatic nitrogens is 1. The van der Waals surface area contributed by atoms with Crippen LogP contribution in [0.5, 0.6) is 0 Å². The number of benzene rings is 1. The van der Waals surface area contributed by atoms with E-state index < -0.39 is 0 Å². The summed E-state index contributed by atoms with van der Waals surface area (Å²) in [7, 11) is 0. The van der Waals surface area contributed by atoms with Gasteiger partial charge in [-0.1, -0.05) is 17.4 Å². The largest absolute Gasteiger partial charge is 0.465 e. The number of carbonyl (C=O) groups is 2. The van der Waals surface area contributed by atoms with Crippen LogP contribution in [0.1, 0.15) is 24.0 Å². The molecule has 0 bridgehead atoms. The summed E-state index contributed by atoms with van der Waals surface area (Å²) in [5, 5.41) is 6.07. The van der Waals surface area contributed by atoms with Gasteiger partial charge in [0.25, 0.3) is 0 Å². The van der Waals surface area contributed by atoms with Crippen LogP contribution in [-0.2, 0) is 22.6 Å². The van der Waals surface area contributed by atoms with Crippen molar-refractivity contribution in [2.24, 2.45) is 0 Å². The number of amides is 2. The number of hydrogen-bond acceptors (Lipinski definition) is 5. The molecule has 2 N–H and O–H groups in total. The molecule has 2 heterocycles. The van der Waals surface area contributed by atoms with Crippen molar-refractivity contribution in [1.29, 1.82) is 0 Å². The molecule has 0 fully saturated rings. The third-order valence-corrected chi connectivity index (χ3v) is 4.29. The van der Waals surface area contributed by atoms with Crippen LogP contribution in [0.25, 0.3) is 10.2 Å². The van der Waals surface area contributed by atoms with E-state index in [0.29, 0.717) is 11.7 Å². The number of thiazole rings is 1. The lowest BCUT2D eigenvalue weighted by Gasteiger charge is -2.03. The lowest BCUT2D eigenvalue weighted by atomic mass is 10.1. The molecule has 0 aliphatic rings. The first-order valence-electron chi connectivity index (χ1n) is 7.48. The SMILES string of the molecule is CC(=O)Nc1nc2ccc(CC(=O)NCc3ccc(C)o3)cc2s1. The number of hydrogen-bond donors (Lipinski definition) is 2. The zero-order valence-electron chi connectivity index (χ0n) is 13.4. The Morgan fingerprint density at radius 1 is 1.25 bits per heavy atom. The molecule has 0 spiro atoms. The molecule has 0 radical (unpaired) electrons. The van der Waals surface area contributed by atoms with Gasteiger partial charge in [0.2, 0.25) is 11.8 Å². The van der Waals surface area contributed by atoms with Crippen molar-refractivity contribution in [3.05, 3.63) is 47.4 Å². The van der Waals surface area contributed by atoms with E-state index in [1.807, 2.05) is 37.3 Å². The summed E-state index contributed by atoms with van der Waals surface area (Å²) in [6, 6.07) is 9.37. The van der Waals surface area contributed by atoms with Gasteiger partial charge < -0.3 is 15.1 Å². The molecule has 1 aromatic carbocycles. The van der Waals surface area contributed by atoms with Crippen LogP contribution in [0.15, 0.2) is 34.7 Å². The van der Waals surface area contributed by atoms with Crippen molar-refractivity contribution < 1.29 is 14.0 Å². The number of carbonyl (C=O) groups excluding carboxylic acids is 2. The molecule has 2 aromatic heterocycles. The molecular weight excluding hydrogens is 326 g/mol. The van der Waals surface area contributed by atoms with Crippen molar-refractivity contribution in [1.82, 2.24) is 10.3 Å². The number of nitrogens with zero attached hydrogens (tertiary/aromatic N) is 1. The zero-order valence-corrected chi connectivity index (χ0v) is 14.2. The minimum atomic E-state index is -0.151.